The highest BCUT2D eigenvalue weighted by molar-refractivity contribution is 5.79. The van der Waals surface area contributed by atoms with Crippen molar-refractivity contribution < 1.29 is 9.18 Å². The van der Waals surface area contributed by atoms with Gasteiger partial charge in [0.2, 0.25) is 5.91 Å². The summed E-state index contributed by atoms with van der Waals surface area (Å²) in [7, 11) is 1.91. The molecule has 1 aliphatic rings. The van der Waals surface area contributed by atoms with Crippen molar-refractivity contribution in [2.45, 2.75) is 38.8 Å². The molecule has 3 rings (SSSR count). The van der Waals surface area contributed by atoms with Crippen molar-refractivity contribution in [2.75, 3.05) is 20.1 Å². The van der Waals surface area contributed by atoms with E-state index in [0.717, 1.165) is 30.6 Å². The summed E-state index contributed by atoms with van der Waals surface area (Å²) in [6.45, 7) is 6.39. The van der Waals surface area contributed by atoms with E-state index in [1.54, 1.807) is 12.1 Å². The third-order valence-electron chi connectivity index (χ3n) is 5.36. The second kappa shape index (κ2) is 8.00. The molecular weight excluding hydrogens is 327 g/mol. The minimum absolute atomic E-state index is 0.138. The van der Waals surface area contributed by atoms with E-state index in [9.17, 15) is 9.18 Å². The molecule has 26 heavy (non-hydrogen) atoms. The molecule has 3 nitrogen and oxygen atoms in total. The Bertz CT molecular complexity index is 757. The average Bonchev–Trinajstić information content (AvgIpc) is 3.13. The highest BCUT2D eigenvalue weighted by Gasteiger charge is 2.29. The van der Waals surface area contributed by atoms with Crippen molar-refractivity contribution in [3.8, 4) is 11.1 Å². The predicted molar refractivity (Wildman–Crippen MR) is 103 cm³/mol. The van der Waals surface area contributed by atoms with E-state index in [4.69, 9.17) is 0 Å². The summed E-state index contributed by atoms with van der Waals surface area (Å²) in [4.78, 5) is 16.9. The van der Waals surface area contributed by atoms with Crippen molar-refractivity contribution in [1.29, 1.82) is 0 Å². The Morgan fingerprint density at radius 1 is 1.19 bits per heavy atom. The molecule has 0 radical (unpaired) electrons. The molecule has 4 heteroatoms. The molecule has 0 saturated carbocycles. The number of likely N-dealkylation sites (N-methyl/N-ethyl adjacent to an activating group) is 1. The first-order valence-corrected chi connectivity index (χ1v) is 9.29. The molecule has 1 aliphatic heterocycles. The van der Waals surface area contributed by atoms with Gasteiger partial charge in [0.15, 0.2) is 0 Å². The topological polar surface area (TPSA) is 23.6 Å². The third kappa shape index (κ3) is 4.13. The zero-order valence-corrected chi connectivity index (χ0v) is 15.8. The van der Waals surface area contributed by atoms with Gasteiger partial charge in [-0.2, -0.15) is 0 Å². The first-order valence-electron chi connectivity index (χ1n) is 9.29. The lowest BCUT2D eigenvalue weighted by atomic mass is 10.0. The summed E-state index contributed by atoms with van der Waals surface area (Å²) in [5.74, 6) is -0.0914. The Labute approximate surface area is 155 Å². The van der Waals surface area contributed by atoms with Gasteiger partial charge in [-0.1, -0.05) is 42.5 Å². The SMILES string of the molecule is CC(C)N1CCC(N(C)C(=O)Cc2ccc(-c3ccccc3F)cc2)C1. The summed E-state index contributed by atoms with van der Waals surface area (Å²) in [5, 5.41) is 0. The maximum Gasteiger partial charge on any atom is 0.227 e. The molecule has 2 aromatic rings. The highest BCUT2D eigenvalue weighted by Crippen LogP contribution is 2.23. The Kier molecular flexibility index (Phi) is 5.72. The fraction of sp³-hybridized carbons (Fsp3) is 0.409. The van der Waals surface area contributed by atoms with Crippen LogP contribution in [0.15, 0.2) is 48.5 Å². The van der Waals surface area contributed by atoms with Gasteiger partial charge in [0.25, 0.3) is 0 Å². The van der Waals surface area contributed by atoms with Crippen molar-refractivity contribution in [2.24, 2.45) is 0 Å². The summed E-state index contributed by atoms with van der Waals surface area (Å²) in [6.07, 6.45) is 1.42. The number of carbonyl (C=O) groups is 1. The second-order valence-corrected chi connectivity index (χ2v) is 7.39. The Balaban J connectivity index is 1.62. The largest absolute Gasteiger partial charge is 0.341 e. The molecular formula is C22H27FN2O. The highest BCUT2D eigenvalue weighted by atomic mass is 19.1. The number of nitrogens with zero attached hydrogens (tertiary/aromatic N) is 2. The van der Waals surface area contributed by atoms with Crippen LogP contribution in [-0.2, 0) is 11.2 Å². The maximum atomic E-state index is 13.9. The average molecular weight is 354 g/mol. The van der Waals surface area contributed by atoms with E-state index < -0.39 is 0 Å². The van der Waals surface area contributed by atoms with Gasteiger partial charge in [-0.3, -0.25) is 9.69 Å². The smallest absolute Gasteiger partial charge is 0.227 e. The first kappa shape index (κ1) is 18.6. The van der Waals surface area contributed by atoms with Crippen LogP contribution >= 0.6 is 0 Å². The summed E-state index contributed by atoms with van der Waals surface area (Å²) in [6, 6.07) is 15.2. The fourth-order valence-corrected chi connectivity index (χ4v) is 3.55. The van der Waals surface area contributed by atoms with E-state index >= 15 is 0 Å². The molecule has 0 aliphatic carbocycles. The van der Waals surface area contributed by atoms with Gasteiger partial charge in [-0.15, -0.1) is 0 Å². The second-order valence-electron chi connectivity index (χ2n) is 7.39. The minimum Gasteiger partial charge on any atom is -0.341 e. The molecule has 1 amide bonds. The number of likely N-dealkylation sites (tertiary alicyclic amines) is 1. The molecule has 0 N–H and O–H groups in total. The van der Waals surface area contributed by atoms with E-state index in [1.165, 1.54) is 6.07 Å². The zero-order valence-electron chi connectivity index (χ0n) is 15.8. The molecule has 1 fully saturated rings. The van der Waals surface area contributed by atoms with Gasteiger partial charge >= 0.3 is 0 Å². The van der Waals surface area contributed by atoms with Crippen molar-refractivity contribution >= 4 is 5.91 Å². The summed E-state index contributed by atoms with van der Waals surface area (Å²) < 4.78 is 13.9. The van der Waals surface area contributed by atoms with Gasteiger partial charge in [-0.05, 0) is 37.5 Å². The monoisotopic (exact) mass is 354 g/mol. The van der Waals surface area contributed by atoms with Gasteiger partial charge in [0.1, 0.15) is 5.82 Å². The van der Waals surface area contributed by atoms with E-state index in [1.807, 2.05) is 42.3 Å². The van der Waals surface area contributed by atoms with Gasteiger partial charge in [-0.25, -0.2) is 4.39 Å². The lowest BCUT2D eigenvalue weighted by Crippen LogP contribution is -2.40. The number of halogens is 1. The normalized spacial score (nSPS) is 17.7. The van der Waals surface area contributed by atoms with Gasteiger partial charge in [0.05, 0.1) is 6.42 Å². The van der Waals surface area contributed by atoms with Gasteiger partial charge < -0.3 is 4.90 Å². The van der Waals surface area contributed by atoms with Crippen LogP contribution in [0.4, 0.5) is 4.39 Å². The fourth-order valence-electron chi connectivity index (χ4n) is 3.55. The standard InChI is InChI=1S/C22H27FN2O/c1-16(2)25-13-12-19(15-25)24(3)22(26)14-17-8-10-18(11-9-17)20-6-4-5-7-21(20)23/h4-11,16,19H,12-15H2,1-3H3. The molecule has 1 atom stereocenters. The first-order chi connectivity index (χ1) is 12.5. The quantitative estimate of drug-likeness (QED) is 0.811. The molecule has 0 bridgehead atoms. The molecule has 1 saturated heterocycles. The van der Waals surface area contributed by atoms with Crippen LogP contribution in [0.25, 0.3) is 11.1 Å². The number of amides is 1. The molecule has 1 unspecified atom stereocenters. The Morgan fingerprint density at radius 3 is 2.50 bits per heavy atom. The molecule has 2 aromatic carbocycles. The maximum absolute atomic E-state index is 13.9. The van der Waals surface area contributed by atoms with Crippen molar-refractivity contribution in [3.05, 3.63) is 59.9 Å². The number of hydrogen-bond donors (Lipinski definition) is 0. The van der Waals surface area contributed by atoms with Crippen LogP contribution in [-0.4, -0.2) is 47.9 Å². The number of rotatable bonds is 5. The van der Waals surface area contributed by atoms with Gasteiger partial charge in [0, 0.05) is 37.8 Å². The molecule has 138 valence electrons. The lowest BCUT2D eigenvalue weighted by molar-refractivity contribution is -0.131. The summed E-state index contributed by atoms with van der Waals surface area (Å²) >= 11 is 0. The van der Waals surface area contributed by atoms with Crippen LogP contribution in [0, 0.1) is 5.82 Å². The van der Waals surface area contributed by atoms with Crippen LogP contribution in [0.2, 0.25) is 0 Å². The van der Waals surface area contributed by atoms with Crippen LogP contribution in [0.1, 0.15) is 25.8 Å². The molecule has 1 heterocycles. The number of benzene rings is 2. The Morgan fingerprint density at radius 2 is 1.88 bits per heavy atom. The third-order valence-corrected chi connectivity index (χ3v) is 5.36. The summed E-state index contributed by atoms with van der Waals surface area (Å²) in [5.41, 5.74) is 2.37. The Hall–Kier alpha value is -2.20. The van der Waals surface area contributed by atoms with Crippen LogP contribution in [0.3, 0.4) is 0 Å². The zero-order chi connectivity index (χ0) is 18.7. The molecule has 0 aromatic heterocycles. The lowest BCUT2D eigenvalue weighted by Gasteiger charge is -2.26. The van der Waals surface area contributed by atoms with Crippen LogP contribution in [0.5, 0.6) is 0 Å². The van der Waals surface area contributed by atoms with Crippen molar-refractivity contribution in [3.63, 3.8) is 0 Å². The van der Waals surface area contributed by atoms with E-state index in [0.29, 0.717) is 24.1 Å². The van der Waals surface area contributed by atoms with E-state index in [2.05, 4.69) is 18.7 Å². The van der Waals surface area contributed by atoms with Crippen LogP contribution < -0.4 is 0 Å². The van der Waals surface area contributed by atoms with Crippen molar-refractivity contribution in [1.82, 2.24) is 9.80 Å². The predicted octanol–water partition coefficient (Wildman–Crippen LogP) is 3.98. The molecule has 0 spiro atoms. The number of carbonyl (C=O) groups excluding carboxylic acids is 1. The van der Waals surface area contributed by atoms with E-state index in [-0.39, 0.29) is 11.7 Å². The minimum atomic E-state index is -0.230. The number of hydrogen-bond acceptors (Lipinski definition) is 2.